The summed E-state index contributed by atoms with van der Waals surface area (Å²) in [5.41, 5.74) is 4.98. The summed E-state index contributed by atoms with van der Waals surface area (Å²) in [5.74, 6) is 0.768. The molecule has 158 valence electrons. The Balaban J connectivity index is 1.46. The van der Waals surface area contributed by atoms with Crippen LogP contribution in [0, 0.1) is 20.8 Å². The van der Waals surface area contributed by atoms with Gasteiger partial charge in [-0.3, -0.25) is 4.57 Å². The van der Waals surface area contributed by atoms with Crippen LogP contribution >= 0.6 is 0 Å². The minimum absolute atomic E-state index is 0.0585. The smallest absolute Gasteiger partial charge is 0.329 e. The van der Waals surface area contributed by atoms with Crippen LogP contribution < -0.4 is 4.90 Å². The fraction of sp³-hybridized carbons (Fsp3) is 0.318. The summed E-state index contributed by atoms with van der Waals surface area (Å²) in [4.78, 5) is 20.5. The molecule has 1 aliphatic rings. The van der Waals surface area contributed by atoms with Gasteiger partial charge >= 0.3 is 6.03 Å². The van der Waals surface area contributed by atoms with E-state index in [1.807, 2.05) is 16.5 Å². The van der Waals surface area contributed by atoms with Crippen molar-refractivity contribution in [1.82, 2.24) is 34.4 Å². The Morgan fingerprint density at radius 2 is 1.71 bits per heavy atom. The van der Waals surface area contributed by atoms with Crippen molar-refractivity contribution in [2.24, 2.45) is 0 Å². The first-order chi connectivity index (χ1) is 15.0. The number of fused-ring (bicyclic) bond motifs is 1. The summed E-state index contributed by atoms with van der Waals surface area (Å²) in [6, 6.07) is 8.26. The SMILES string of the molecule is Cc1ccc(-n2nc3c(N4CCN(C(=O)n5ccnc5)CC4)nnc(C)c3c2C)cc1. The van der Waals surface area contributed by atoms with E-state index in [2.05, 4.69) is 58.2 Å². The molecule has 1 saturated heterocycles. The Morgan fingerprint density at radius 3 is 2.39 bits per heavy atom. The zero-order valence-electron chi connectivity index (χ0n) is 17.9. The summed E-state index contributed by atoms with van der Waals surface area (Å²) in [5, 5.41) is 14.9. The van der Waals surface area contributed by atoms with E-state index in [0.29, 0.717) is 26.2 Å². The van der Waals surface area contributed by atoms with Gasteiger partial charge in [0.05, 0.1) is 22.5 Å². The third kappa shape index (κ3) is 3.31. The van der Waals surface area contributed by atoms with Crippen LogP contribution in [0.3, 0.4) is 0 Å². The van der Waals surface area contributed by atoms with E-state index in [1.54, 1.807) is 12.4 Å². The van der Waals surface area contributed by atoms with Crippen LogP contribution in [-0.2, 0) is 0 Å². The summed E-state index contributed by atoms with van der Waals surface area (Å²) in [7, 11) is 0. The van der Waals surface area contributed by atoms with Crippen molar-refractivity contribution in [3.8, 4) is 5.69 Å². The predicted octanol–water partition coefficient (Wildman–Crippen LogP) is 2.73. The Labute approximate surface area is 179 Å². The average molecular weight is 416 g/mol. The van der Waals surface area contributed by atoms with E-state index in [-0.39, 0.29) is 6.03 Å². The van der Waals surface area contributed by atoms with Crippen molar-refractivity contribution in [3.05, 3.63) is 59.9 Å². The molecule has 5 rings (SSSR count). The summed E-state index contributed by atoms with van der Waals surface area (Å²) in [6.07, 6.45) is 4.81. The van der Waals surface area contributed by atoms with E-state index < -0.39 is 0 Å². The van der Waals surface area contributed by atoms with Gasteiger partial charge in [0.2, 0.25) is 0 Å². The van der Waals surface area contributed by atoms with Crippen LogP contribution in [0.4, 0.5) is 10.6 Å². The fourth-order valence-corrected chi connectivity index (χ4v) is 4.11. The first-order valence-electron chi connectivity index (χ1n) is 10.3. The summed E-state index contributed by atoms with van der Waals surface area (Å²) in [6.45, 7) is 8.65. The van der Waals surface area contributed by atoms with Crippen molar-refractivity contribution in [2.45, 2.75) is 20.8 Å². The molecule has 3 aromatic heterocycles. The normalized spacial score (nSPS) is 14.4. The minimum atomic E-state index is -0.0585. The molecule has 0 spiro atoms. The van der Waals surface area contributed by atoms with Crippen LogP contribution in [0.5, 0.6) is 0 Å². The van der Waals surface area contributed by atoms with Gasteiger partial charge in [-0.05, 0) is 32.9 Å². The van der Waals surface area contributed by atoms with Gasteiger partial charge in [-0.1, -0.05) is 17.7 Å². The number of hydrogen-bond donors (Lipinski definition) is 0. The second-order valence-electron chi connectivity index (χ2n) is 7.89. The van der Waals surface area contributed by atoms with Crippen molar-refractivity contribution in [1.29, 1.82) is 0 Å². The first kappa shape index (κ1) is 19.2. The molecular formula is C22H24N8O. The molecule has 1 aromatic carbocycles. The Morgan fingerprint density at radius 1 is 0.968 bits per heavy atom. The molecule has 1 fully saturated rings. The zero-order valence-corrected chi connectivity index (χ0v) is 17.9. The highest BCUT2D eigenvalue weighted by atomic mass is 16.2. The number of carbonyl (C=O) groups excluding carboxylic acids is 1. The van der Waals surface area contributed by atoms with E-state index in [9.17, 15) is 4.79 Å². The highest BCUT2D eigenvalue weighted by Gasteiger charge is 2.26. The maximum absolute atomic E-state index is 12.6. The summed E-state index contributed by atoms with van der Waals surface area (Å²) < 4.78 is 3.47. The van der Waals surface area contributed by atoms with Gasteiger partial charge in [0.15, 0.2) is 5.82 Å². The standard InChI is InChI=1S/C22H24N8O/c1-15-4-6-18(7-5-15)30-17(3)19-16(2)24-25-21(20(19)26-30)27-10-12-28(13-11-27)22(31)29-9-8-23-14-29/h4-9,14H,10-13H2,1-3H3. The van der Waals surface area contributed by atoms with Gasteiger partial charge in [-0.25, -0.2) is 14.5 Å². The lowest BCUT2D eigenvalue weighted by Crippen LogP contribution is -2.50. The maximum atomic E-state index is 12.6. The molecule has 9 nitrogen and oxygen atoms in total. The second kappa shape index (κ2) is 7.50. The van der Waals surface area contributed by atoms with E-state index in [1.165, 1.54) is 16.5 Å². The topological polar surface area (TPSA) is 85.0 Å². The van der Waals surface area contributed by atoms with Crippen LogP contribution in [0.15, 0.2) is 43.0 Å². The average Bonchev–Trinajstić information content (AvgIpc) is 3.44. The van der Waals surface area contributed by atoms with Crippen molar-refractivity contribution < 1.29 is 4.79 Å². The van der Waals surface area contributed by atoms with Crippen LogP contribution in [0.2, 0.25) is 0 Å². The minimum Gasteiger partial charge on any atom is -0.350 e. The lowest BCUT2D eigenvalue weighted by Gasteiger charge is -2.35. The Hall–Kier alpha value is -3.75. The molecule has 31 heavy (non-hydrogen) atoms. The van der Waals surface area contributed by atoms with Gasteiger partial charge in [0.25, 0.3) is 0 Å². The molecule has 0 N–H and O–H groups in total. The molecule has 1 aliphatic heterocycles. The number of nitrogens with zero attached hydrogens (tertiary/aromatic N) is 8. The van der Waals surface area contributed by atoms with Crippen molar-refractivity contribution >= 4 is 22.8 Å². The highest BCUT2D eigenvalue weighted by Crippen LogP contribution is 2.29. The Bertz CT molecular complexity index is 1240. The lowest BCUT2D eigenvalue weighted by molar-refractivity contribution is 0.196. The largest absolute Gasteiger partial charge is 0.350 e. The number of aromatic nitrogens is 6. The van der Waals surface area contributed by atoms with Crippen molar-refractivity contribution in [3.63, 3.8) is 0 Å². The maximum Gasteiger partial charge on any atom is 0.329 e. The Kier molecular flexibility index (Phi) is 4.65. The lowest BCUT2D eigenvalue weighted by atomic mass is 10.2. The number of hydrogen-bond acceptors (Lipinski definition) is 6. The van der Waals surface area contributed by atoms with Gasteiger partial charge < -0.3 is 9.80 Å². The molecular weight excluding hydrogens is 392 g/mol. The number of piperazine rings is 1. The van der Waals surface area contributed by atoms with Gasteiger partial charge in [-0.15, -0.1) is 5.10 Å². The van der Waals surface area contributed by atoms with Crippen LogP contribution in [0.1, 0.15) is 17.0 Å². The number of amides is 1. The number of carbonyl (C=O) groups is 1. The van der Waals surface area contributed by atoms with Crippen LogP contribution in [0.25, 0.3) is 16.6 Å². The van der Waals surface area contributed by atoms with E-state index in [0.717, 1.165) is 33.8 Å². The second-order valence-corrected chi connectivity index (χ2v) is 7.89. The zero-order chi connectivity index (χ0) is 21.5. The van der Waals surface area contributed by atoms with E-state index >= 15 is 0 Å². The molecule has 4 heterocycles. The van der Waals surface area contributed by atoms with E-state index in [4.69, 9.17) is 5.10 Å². The molecule has 4 aromatic rings. The number of rotatable bonds is 2. The molecule has 9 heteroatoms. The van der Waals surface area contributed by atoms with Crippen LogP contribution in [-0.4, -0.2) is 66.6 Å². The highest BCUT2D eigenvalue weighted by molar-refractivity contribution is 5.92. The molecule has 0 saturated carbocycles. The third-order valence-electron chi connectivity index (χ3n) is 5.84. The molecule has 0 bridgehead atoms. The van der Waals surface area contributed by atoms with Gasteiger partial charge in [0, 0.05) is 38.6 Å². The quantitative estimate of drug-likeness (QED) is 0.500. The van der Waals surface area contributed by atoms with Crippen molar-refractivity contribution in [2.75, 3.05) is 31.1 Å². The molecule has 1 amide bonds. The summed E-state index contributed by atoms with van der Waals surface area (Å²) >= 11 is 0. The fourth-order valence-electron chi connectivity index (χ4n) is 4.11. The molecule has 0 atom stereocenters. The molecule has 0 radical (unpaired) electrons. The number of imidazole rings is 1. The number of aryl methyl sites for hydroxylation is 3. The first-order valence-corrected chi connectivity index (χ1v) is 10.3. The predicted molar refractivity (Wildman–Crippen MR) is 118 cm³/mol. The number of anilines is 1. The van der Waals surface area contributed by atoms with Gasteiger partial charge in [0.1, 0.15) is 11.8 Å². The van der Waals surface area contributed by atoms with Gasteiger partial charge in [-0.2, -0.15) is 10.2 Å². The third-order valence-corrected chi connectivity index (χ3v) is 5.84. The molecule has 0 unspecified atom stereocenters. The number of benzene rings is 1. The molecule has 0 aliphatic carbocycles. The monoisotopic (exact) mass is 416 g/mol.